The largest absolute Gasteiger partial charge is 0.481 e. The molecule has 0 aromatic rings. The second-order valence-electron chi connectivity index (χ2n) is 5.40. The van der Waals surface area contributed by atoms with E-state index >= 15 is 0 Å². The molecule has 0 aliphatic heterocycles. The highest BCUT2D eigenvalue weighted by molar-refractivity contribution is 5.93. The Hall–Kier alpha value is -1.10. The Kier molecular flexibility index (Phi) is 13.1. The van der Waals surface area contributed by atoms with Gasteiger partial charge >= 0.3 is 11.9 Å². The van der Waals surface area contributed by atoms with Gasteiger partial charge in [0.25, 0.3) is 0 Å². The molecule has 0 spiro atoms. The molecule has 1 atom stereocenters. The first kappa shape index (κ1) is 19.9. The Morgan fingerprint density at radius 3 is 1.95 bits per heavy atom. The Labute approximate surface area is 127 Å². The van der Waals surface area contributed by atoms with E-state index < -0.39 is 17.9 Å². The van der Waals surface area contributed by atoms with Gasteiger partial charge in [0, 0.05) is 0 Å². The molecule has 1 unspecified atom stereocenters. The van der Waals surface area contributed by atoms with E-state index in [-0.39, 0.29) is 13.2 Å². The molecule has 5 heteroatoms. The predicted molar refractivity (Wildman–Crippen MR) is 81.0 cm³/mol. The number of unbranched alkanes of at least 4 members (excludes halogenated alkanes) is 8. The normalized spacial score (nSPS) is 12.1. The summed E-state index contributed by atoms with van der Waals surface area (Å²) in [5, 5.41) is 17.6. The molecule has 0 rings (SSSR count). The van der Waals surface area contributed by atoms with Gasteiger partial charge in [0.1, 0.15) is 6.61 Å². The zero-order valence-corrected chi connectivity index (χ0v) is 13.2. The van der Waals surface area contributed by atoms with Gasteiger partial charge < -0.3 is 14.9 Å². The SMILES string of the molecule is CCCCCCCCCCCC(C(=O)O)C(=O)OCCO. The smallest absolute Gasteiger partial charge is 0.320 e. The van der Waals surface area contributed by atoms with Gasteiger partial charge in [-0.15, -0.1) is 0 Å². The van der Waals surface area contributed by atoms with Gasteiger partial charge in [0.15, 0.2) is 5.92 Å². The quantitative estimate of drug-likeness (QED) is 0.292. The second-order valence-corrected chi connectivity index (χ2v) is 5.40. The van der Waals surface area contributed by atoms with E-state index in [2.05, 4.69) is 11.7 Å². The van der Waals surface area contributed by atoms with Gasteiger partial charge in [-0.25, -0.2) is 0 Å². The lowest BCUT2D eigenvalue weighted by Gasteiger charge is -2.11. The Balaban J connectivity index is 3.65. The fourth-order valence-electron chi connectivity index (χ4n) is 2.25. The van der Waals surface area contributed by atoms with Crippen LogP contribution in [0.25, 0.3) is 0 Å². The molecule has 0 aliphatic rings. The summed E-state index contributed by atoms with van der Waals surface area (Å²) in [6.45, 7) is 1.78. The fourth-order valence-corrected chi connectivity index (χ4v) is 2.25. The summed E-state index contributed by atoms with van der Waals surface area (Å²) in [5.41, 5.74) is 0. The van der Waals surface area contributed by atoms with E-state index in [0.29, 0.717) is 6.42 Å². The van der Waals surface area contributed by atoms with Crippen molar-refractivity contribution in [2.24, 2.45) is 5.92 Å². The molecular weight excluding hydrogens is 272 g/mol. The molecule has 2 N–H and O–H groups in total. The Morgan fingerprint density at radius 1 is 0.952 bits per heavy atom. The molecule has 0 aromatic heterocycles. The third-order valence-corrected chi connectivity index (χ3v) is 3.51. The number of carbonyl (C=O) groups is 2. The van der Waals surface area contributed by atoms with E-state index in [1.807, 2.05) is 0 Å². The third-order valence-electron chi connectivity index (χ3n) is 3.51. The van der Waals surface area contributed by atoms with Crippen LogP contribution in [0.3, 0.4) is 0 Å². The number of carboxylic acids is 1. The molecule has 0 bridgehead atoms. The second kappa shape index (κ2) is 13.9. The van der Waals surface area contributed by atoms with Crippen LogP contribution < -0.4 is 0 Å². The minimum atomic E-state index is -1.14. The van der Waals surface area contributed by atoms with E-state index in [9.17, 15) is 9.59 Å². The maximum atomic E-state index is 11.5. The number of esters is 1. The average Bonchev–Trinajstić information content (AvgIpc) is 2.46. The first-order valence-electron chi connectivity index (χ1n) is 8.13. The van der Waals surface area contributed by atoms with Crippen LogP contribution in [0.1, 0.15) is 71.1 Å². The summed E-state index contributed by atoms with van der Waals surface area (Å²) >= 11 is 0. The molecule has 0 heterocycles. The number of rotatable bonds is 14. The summed E-state index contributed by atoms with van der Waals surface area (Å²) < 4.78 is 4.68. The number of aliphatic hydroxyl groups excluding tert-OH is 1. The number of carbonyl (C=O) groups excluding carboxylic acids is 1. The highest BCUT2D eigenvalue weighted by atomic mass is 16.5. The summed E-state index contributed by atoms with van der Waals surface area (Å²) in [4.78, 5) is 22.5. The van der Waals surface area contributed by atoms with E-state index in [1.54, 1.807) is 0 Å². The first-order chi connectivity index (χ1) is 10.1. The standard InChI is InChI=1S/C16H30O5/c1-2-3-4-5-6-7-8-9-10-11-14(15(18)19)16(20)21-13-12-17/h14,17H,2-13H2,1H3,(H,18,19). The predicted octanol–water partition coefficient (Wildman–Crippen LogP) is 3.14. The average molecular weight is 302 g/mol. The van der Waals surface area contributed by atoms with Gasteiger partial charge in [0.2, 0.25) is 0 Å². The van der Waals surface area contributed by atoms with Crippen molar-refractivity contribution in [2.45, 2.75) is 71.1 Å². The zero-order chi connectivity index (χ0) is 15.9. The van der Waals surface area contributed by atoms with Crippen molar-refractivity contribution in [1.82, 2.24) is 0 Å². The van der Waals surface area contributed by atoms with Crippen LogP contribution in [-0.2, 0) is 14.3 Å². The topological polar surface area (TPSA) is 83.8 Å². The van der Waals surface area contributed by atoms with Crippen LogP contribution in [0.4, 0.5) is 0 Å². The first-order valence-corrected chi connectivity index (χ1v) is 8.13. The number of hydrogen-bond donors (Lipinski definition) is 2. The van der Waals surface area contributed by atoms with Gasteiger partial charge in [-0.3, -0.25) is 9.59 Å². The molecule has 0 aromatic carbocycles. The molecule has 5 nitrogen and oxygen atoms in total. The van der Waals surface area contributed by atoms with Crippen LogP contribution >= 0.6 is 0 Å². The van der Waals surface area contributed by atoms with Gasteiger partial charge in [0.05, 0.1) is 6.61 Å². The van der Waals surface area contributed by atoms with E-state index in [4.69, 9.17) is 10.2 Å². The number of aliphatic hydroxyl groups is 1. The third kappa shape index (κ3) is 11.3. The summed E-state index contributed by atoms with van der Waals surface area (Å²) in [6.07, 6.45) is 10.6. The van der Waals surface area contributed by atoms with Crippen molar-refractivity contribution in [1.29, 1.82) is 0 Å². The van der Waals surface area contributed by atoms with Gasteiger partial charge in [-0.1, -0.05) is 64.7 Å². The molecule has 0 fully saturated rings. The minimum Gasteiger partial charge on any atom is -0.481 e. The van der Waals surface area contributed by atoms with E-state index in [0.717, 1.165) is 19.3 Å². The lowest BCUT2D eigenvalue weighted by Crippen LogP contribution is -2.26. The van der Waals surface area contributed by atoms with Crippen LogP contribution in [-0.4, -0.2) is 35.4 Å². The van der Waals surface area contributed by atoms with Crippen LogP contribution in [0.5, 0.6) is 0 Å². The van der Waals surface area contributed by atoms with Crippen LogP contribution in [0, 0.1) is 5.92 Å². The van der Waals surface area contributed by atoms with Gasteiger partial charge in [-0.2, -0.15) is 0 Å². The number of carboxylic acid groups (broad SMARTS) is 1. The maximum absolute atomic E-state index is 11.5. The number of aliphatic carboxylic acids is 1. The highest BCUT2D eigenvalue weighted by Gasteiger charge is 2.26. The van der Waals surface area contributed by atoms with Crippen molar-refractivity contribution in [3.8, 4) is 0 Å². The Bertz CT molecular complexity index is 278. The van der Waals surface area contributed by atoms with Crippen molar-refractivity contribution in [2.75, 3.05) is 13.2 Å². The minimum absolute atomic E-state index is 0.139. The summed E-state index contributed by atoms with van der Waals surface area (Å²) in [6, 6.07) is 0. The molecule has 0 saturated heterocycles. The Morgan fingerprint density at radius 2 is 1.48 bits per heavy atom. The molecule has 0 aliphatic carbocycles. The lowest BCUT2D eigenvalue weighted by atomic mass is 10.00. The number of hydrogen-bond acceptors (Lipinski definition) is 4. The van der Waals surface area contributed by atoms with Crippen molar-refractivity contribution >= 4 is 11.9 Å². The number of ether oxygens (including phenoxy) is 1. The van der Waals surface area contributed by atoms with Crippen molar-refractivity contribution in [3.05, 3.63) is 0 Å². The summed E-state index contributed by atoms with van der Waals surface area (Å²) in [5.74, 6) is -2.98. The molecular formula is C16H30O5. The molecule has 21 heavy (non-hydrogen) atoms. The van der Waals surface area contributed by atoms with Crippen LogP contribution in [0.15, 0.2) is 0 Å². The lowest BCUT2D eigenvalue weighted by molar-refractivity contribution is -0.159. The van der Waals surface area contributed by atoms with Crippen LogP contribution in [0.2, 0.25) is 0 Å². The molecule has 0 saturated carbocycles. The van der Waals surface area contributed by atoms with Crippen molar-refractivity contribution in [3.63, 3.8) is 0 Å². The molecule has 124 valence electrons. The zero-order valence-electron chi connectivity index (χ0n) is 13.2. The summed E-state index contributed by atoms with van der Waals surface area (Å²) in [7, 11) is 0. The highest BCUT2D eigenvalue weighted by Crippen LogP contribution is 2.15. The van der Waals surface area contributed by atoms with Crippen molar-refractivity contribution < 1.29 is 24.5 Å². The van der Waals surface area contributed by atoms with E-state index in [1.165, 1.54) is 38.5 Å². The molecule has 0 amide bonds. The van der Waals surface area contributed by atoms with Gasteiger partial charge in [-0.05, 0) is 6.42 Å². The monoisotopic (exact) mass is 302 g/mol. The fraction of sp³-hybridized carbons (Fsp3) is 0.875. The molecule has 0 radical (unpaired) electrons. The maximum Gasteiger partial charge on any atom is 0.320 e.